The van der Waals surface area contributed by atoms with E-state index in [1.165, 1.54) is 71.3 Å². The lowest BCUT2D eigenvalue weighted by molar-refractivity contribution is -0.151. The molecule has 23 heavy (non-hydrogen) atoms. The number of hydrogen-bond donors (Lipinski definition) is 1. The van der Waals surface area contributed by atoms with E-state index in [-0.39, 0.29) is 6.42 Å². The Hall–Kier alpha value is -1.06. The first-order valence-electron chi connectivity index (χ1n) is 9.41. The quantitative estimate of drug-likeness (QED) is 0.307. The maximum atomic E-state index is 11.5. The van der Waals surface area contributed by atoms with Crippen molar-refractivity contribution in [3.8, 4) is 0 Å². The zero-order chi connectivity index (χ0) is 17.3. The normalized spacial score (nSPS) is 12.1. The summed E-state index contributed by atoms with van der Waals surface area (Å²) < 4.78 is 4.67. The molecule has 0 aromatic rings. The predicted octanol–water partition coefficient (Wildman–Crippen LogP) is 5.34. The van der Waals surface area contributed by atoms with Gasteiger partial charge < -0.3 is 9.84 Å². The lowest BCUT2D eigenvalue weighted by Gasteiger charge is -2.12. The van der Waals surface area contributed by atoms with Crippen molar-refractivity contribution in [3.63, 3.8) is 0 Å². The smallest absolute Gasteiger partial charge is 0.309 e. The van der Waals surface area contributed by atoms with Gasteiger partial charge in [0.15, 0.2) is 0 Å². The number of unbranched alkanes of at least 4 members (excludes halogenated alkanes) is 11. The van der Waals surface area contributed by atoms with E-state index in [4.69, 9.17) is 5.11 Å². The Morgan fingerprint density at radius 2 is 1.26 bits per heavy atom. The second kappa shape index (κ2) is 15.8. The number of hydrogen-bond acceptors (Lipinski definition) is 3. The summed E-state index contributed by atoms with van der Waals surface area (Å²) >= 11 is 0. The molecule has 4 heteroatoms. The van der Waals surface area contributed by atoms with Crippen LogP contribution in [0, 0.1) is 5.92 Å². The molecule has 0 spiro atoms. The number of esters is 1. The van der Waals surface area contributed by atoms with Gasteiger partial charge in [-0.15, -0.1) is 0 Å². The van der Waals surface area contributed by atoms with Gasteiger partial charge >= 0.3 is 11.9 Å². The van der Waals surface area contributed by atoms with Crippen LogP contribution in [0.3, 0.4) is 0 Å². The van der Waals surface area contributed by atoms with Crippen LogP contribution in [0.2, 0.25) is 0 Å². The van der Waals surface area contributed by atoms with Gasteiger partial charge in [-0.3, -0.25) is 9.59 Å². The largest absolute Gasteiger partial charge is 0.481 e. The van der Waals surface area contributed by atoms with Crippen LogP contribution in [-0.4, -0.2) is 24.2 Å². The number of aliphatic carboxylic acids is 1. The highest BCUT2D eigenvalue weighted by atomic mass is 16.5. The maximum Gasteiger partial charge on any atom is 0.309 e. The minimum Gasteiger partial charge on any atom is -0.481 e. The number of carboxylic acid groups (broad SMARTS) is 1. The van der Waals surface area contributed by atoms with Gasteiger partial charge in [-0.2, -0.15) is 0 Å². The van der Waals surface area contributed by atoms with Crippen molar-refractivity contribution in [1.29, 1.82) is 0 Å². The van der Waals surface area contributed by atoms with E-state index >= 15 is 0 Å². The van der Waals surface area contributed by atoms with E-state index in [0.29, 0.717) is 6.42 Å². The molecule has 1 N–H and O–H groups in total. The summed E-state index contributed by atoms with van der Waals surface area (Å²) in [6, 6.07) is 0. The monoisotopic (exact) mass is 328 g/mol. The van der Waals surface area contributed by atoms with Gasteiger partial charge in [-0.1, -0.05) is 84.0 Å². The van der Waals surface area contributed by atoms with Crippen molar-refractivity contribution in [1.82, 2.24) is 0 Å². The number of ether oxygens (including phenoxy) is 1. The van der Waals surface area contributed by atoms with Crippen LogP contribution in [0.5, 0.6) is 0 Å². The number of rotatable bonds is 16. The van der Waals surface area contributed by atoms with Crippen LogP contribution in [0.4, 0.5) is 0 Å². The van der Waals surface area contributed by atoms with E-state index in [2.05, 4.69) is 11.7 Å². The summed E-state index contributed by atoms with van der Waals surface area (Å²) in [4.78, 5) is 22.2. The second-order valence-electron chi connectivity index (χ2n) is 6.50. The molecule has 0 amide bonds. The Labute approximate surface area is 142 Å². The summed E-state index contributed by atoms with van der Waals surface area (Å²) in [7, 11) is 1.32. The maximum absolute atomic E-state index is 11.5. The highest BCUT2D eigenvalue weighted by Gasteiger charge is 2.21. The van der Waals surface area contributed by atoms with Crippen LogP contribution in [-0.2, 0) is 14.3 Å². The summed E-state index contributed by atoms with van der Waals surface area (Å²) in [5.74, 6) is -1.81. The molecule has 0 fully saturated rings. The SMILES string of the molecule is CCCCCCCCCCCCCCC(CC(=O)O)C(=O)OC. The first-order valence-corrected chi connectivity index (χ1v) is 9.41. The minimum atomic E-state index is -0.931. The molecule has 0 aliphatic heterocycles. The van der Waals surface area contributed by atoms with Crippen LogP contribution in [0.1, 0.15) is 96.8 Å². The number of carbonyl (C=O) groups is 2. The fourth-order valence-corrected chi connectivity index (χ4v) is 2.91. The topological polar surface area (TPSA) is 63.6 Å². The van der Waals surface area contributed by atoms with Gasteiger partial charge in [0.1, 0.15) is 0 Å². The van der Waals surface area contributed by atoms with E-state index < -0.39 is 17.9 Å². The zero-order valence-corrected chi connectivity index (χ0v) is 15.1. The first kappa shape index (κ1) is 21.9. The van der Waals surface area contributed by atoms with Gasteiger partial charge in [-0.05, 0) is 6.42 Å². The Morgan fingerprint density at radius 3 is 1.65 bits per heavy atom. The highest BCUT2D eigenvalue weighted by Crippen LogP contribution is 2.17. The van der Waals surface area contributed by atoms with E-state index in [1.807, 2.05) is 0 Å². The molecule has 0 aromatic carbocycles. The third-order valence-corrected chi connectivity index (χ3v) is 4.36. The number of methoxy groups -OCH3 is 1. The molecule has 0 radical (unpaired) electrons. The van der Waals surface area contributed by atoms with Crippen molar-refractivity contribution in [2.75, 3.05) is 7.11 Å². The molecule has 0 aliphatic carbocycles. The first-order chi connectivity index (χ1) is 11.1. The van der Waals surface area contributed by atoms with Crippen LogP contribution in [0.15, 0.2) is 0 Å². The van der Waals surface area contributed by atoms with Crippen molar-refractivity contribution in [3.05, 3.63) is 0 Å². The van der Waals surface area contributed by atoms with Crippen LogP contribution >= 0.6 is 0 Å². The van der Waals surface area contributed by atoms with E-state index in [1.54, 1.807) is 0 Å². The standard InChI is InChI=1S/C19H36O4/c1-3-4-5-6-7-8-9-10-11-12-13-14-15-17(16-18(20)21)19(22)23-2/h17H,3-16H2,1-2H3,(H,20,21). The van der Waals surface area contributed by atoms with Gasteiger partial charge in [-0.25, -0.2) is 0 Å². The predicted molar refractivity (Wildman–Crippen MR) is 93.5 cm³/mol. The molecule has 0 bridgehead atoms. The molecule has 0 saturated carbocycles. The molecule has 1 atom stereocenters. The average molecular weight is 328 g/mol. The van der Waals surface area contributed by atoms with Gasteiger partial charge in [0.05, 0.1) is 19.4 Å². The second-order valence-corrected chi connectivity index (χ2v) is 6.50. The Kier molecular flexibility index (Phi) is 15.1. The van der Waals surface area contributed by atoms with E-state index in [0.717, 1.165) is 12.8 Å². The van der Waals surface area contributed by atoms with Crippen LogP contribution < -0.4 is 0 Å². The molecular weight excluding hydrogens is 292 g/mol. The molecular formula is C19H36O4. The van der Waals surface area contributed by atoms with Crippen molar-refractivity contribution in [2.45, 2.75) is 96.8 Å². The summed E-state index contributed by atoms with van der Waals surface area (Å²) in [6.45, 7) is 2.25. The lowest BCUT2D eigenvalue weighted by atomic mass is 9.97. The Balaban J connectivity index is 3.45. The van der Waals surface area contributed by atoms with Crippen molar-refractivity contribution >= 4 is 11.9 Å². The van der Waals surface area contributed by atoms with E-state index in [9.17, 15) is 9.59 Å². The number of carboxylic acids is 1. The summed E-state index contributed by atoms with van der Waals surface area (Å²) in [6.07, 6.45) is 15.7. The van der Waals surface area contributed by atoms with Gasteiger partial charge in [0, 0.05) is 0 Å². The Bertz CT molecular complexity index is 302. The Morgan fingerprint density at radius 1 is 0.826 bits per heavy atom. The average Bonchev–Trinajstić information content (AvgIpc) is 2.53. The fraction of sp³-hybridized carbons (Fsp3) is 0.895. The third kappa shape index (κ3) is 14.3. The fourth-order valence-electron chi connectivity index (χ4n) is 2.91. The molecule has 0 rings (SSSR count). The summed E-state index contributed by atoms with van der Waals surface area (Å²) in [5.41, 5.74) is 0. The number of carbonyl (C=O) groups excluding carboxylic acids is 1. The lowest BCUT2D eigenvalue weighted by Crippen LogP contribution is -2.19. The van der Waals surface area contributed by atoms with Gasteiger partial charge in [0.2, 0.25) is 0 Å². The third-order valence-electron chi connectivity index (χ3n) is 4.36. The molecule has 0 aromatic heterocycles. The minimum absolute atomic E-state index is 0.120. The van der Waals surface area contributed by atoms with Crippen molar-refractivity contribution in [2.24, 2.45) is 5.92 Å². The molecule has 0 aliphatic rings. The molecule has 0 heterocycles. The molecule has 0 saturated heterocycles. The molecule has 4 nitrogen and oxygen atoms in total. The highest BCUT2D eigenvalue weighted by molar-refractivity contribution is 5.78. The van der Waals surface area contributed by atoms with Crippen molar-refractivity contribution < 1.29 is 19.4 Å². The molecule has 136 valence electrons. The summed E-state index contributed by atoms with van der Waals surface area (Å²) in [5, 5.41) is 8.81. The van der Waals surface area contributed by atoms with Gasteiger partial charge in [0.25, 0.3) is 0 Å². The van der Waals surface area contributed by atoms with Crippen LogP contribution in [0.25, 0.3) is 0 Å². The zero-order valence-electron chi connectivity index (χ0n) is 15.1. The molecule has 1 unspecified atom stereocenters.